The second kappa shape index (κ2) is 5.12. The summed E-state index contributed by atoms with van der Waals surface area (Å²) in [5.74, 6) is 0. The molecule has 0 aromatic carbocycles. The first-order valence-corrected chi connectivity index (χ1v) is 5.00. The van der Waals surface area contributed by atoms with E-state index in [1.165, 1.54) is 11.9 Å². The zero-order valence-electron chi connectivity index (χ0n) is 9.19. The maximum absolute atomic E-state index is 12.0. The number of alkyl halides is 3. The highest BCUT2D eigenvalue weighted by Crippen LogP contribution is 2.22. The van der Waals surface area contributed by atoms with Crippen molar-refractivity contribution in [1.29, 1.82) is 0 Å². The Labute approximate surface area is 93.6 Å². The second-order valence-corrected chi connectivity index (χ2v) is 4.79. The average Bonchev–Trinajstić information content (AvgIpc) is 1.97. The van der Waals surface area contributed by atoms with E-state index in [0.29, 0.717) is 18.0 Å². The molecule has 0 saturated heterocycles. The summed E-state index contributed by atoms with van der Waals surface area (Å²) in [5.41, 5.74) is 5.08. The normalized spacial score (nSPS) is 13.3. The molecule has 0 fully saturated rings. The van der Waals surface area contributed by atoms with Gasteiger partial charge in [-0.15, -0.1) is 0 Å². The Morgan fingerprint density at radius 3 is 2.13 bits per heavy atom. The molecule has 0 amide bonds. The van der Waals surface area contributed by atoms with Gasteiger partial charge in [0.15, 0.2) is 0 Å². The van der Waals surface area contributed by atoms with Crippen LogP contribution in [0.3, 0.4) is 0 Å². The monoisotopic (exact) mass is 242 g/mol. The van der Waals surface area contributed by atoms with Crippen molar-refractivity contribution in [2.45, 2.75) is 26.4 Å². The lowest BCUT2D eigenvalue weighted by molar-refractivity contribution is -0.143. The highest BCUT2D eigenvalue weighted by molar-refractivity contribution is 7.80. The first-order chi connectivity index (χ1) is 6.54. The van der Waals surface area contributed by atoms with Crippen LogP contribution < -0.4 is 5.73 Å². The summed E-state index contributed by atoms with van der Waals surface area (Å²) in [6.07, 6.45) is -3.63. The molecular formula is C9H17F3N2S. The van der Waals surface area contributed by atoms with E-state index < -0.39 is 18.1 Å². The number of rotatable bonds is 5. The van der Waals surface area contributed by atoms with Crippen molar-refractivity contribution in [2.24, 2.45) is 11.1 Å². The van der Waals surface area contributed by atoms with Crippen LogP contribution in [0.5, 0.6) is 0 Å². The minimum absolute atomic E-state index is 0.323. The van der Waals surface area contributed by atoms with Crippen molar-refractivity contribution >= 4 is 17.2 Å². The average molecular weight is 242 g/mol. The number of thiocarbonyl (C=S) groups is 1. The Balaban J connectivity index is 4.01. The molecule has 15 heavy (non-hydrogen) atoms. The smallest absolute Gasteiger partial charge is 0.393 e. The molecule has 0 saturated carbocycles. The summed E-state index contributed by atoms with van der Waals surface area (Å²) < 4.78 is 36.0. The van der Waals surface area contributed by atoms with E-state index in [9.17, 15) is 13.2 Å². The maximum atomic E-state index is 12.0. The largest absolute Gasteiger partial charge is 0.401 e. The summed E-state index contributed by atoms with van der Waals surface area (Å²) in [4.78, 5) is 1.56. The van der Waals surface area contributed by atoms with Crippen molar-refractivity contribution in [2.75, 3.05) is 20.1 Å². The summed E-state index contributed by atoms with van der Waals surface area (Å²) in [7, 11) is 1.43. The van der Waals surface area contributed by atoms with Crippen LogP contribution in [0, 0.1) is 5.41 Å². The van der Waals surface area contributed by atoms with Gasteiger partial charge in [0.05, 0.1) is 11.5 Å². The molecular weight excluding hydrogens is 225 g/mol. The number of halogens is 3. The Bertz CT molecular complexity index is 226. The predicted octanol–water partition coefficient (Wildman–Crippen LogP) is 2.18. The molecule has 0 radical (unpaired) electrons. The zero-order chi connectivity index (χ0) is 12.3. The number of hydrogen-bond donors (Lipinski definition) is 1. The van der Waals surface area contributed by atoms with Gasteiger partial charge in [-0.1, -0.05) is 26.1 Å². The molecule has 0 aliphatic heterocycles. The van der Waals surface area contributed by atoms with Gasteiger partial charge in [-0.2, -0.15) is 13.2 Å². The molecule has 0 bridgehead atoms. The van der Waals surface area contributed by atoms with Crippen LogP contribution in [0.25, 0.3) is 0 Å². The van der Waals surface area contributed by atoms with Gasteiger partial charge in [0.2, 0.25) is 0 Å². The summed E-state index contributed by atoms with van der Waals surface area (Å²) >= 11 is 4.83. The molecule has 0 aromatic rings. The molecule has 90 valence electrons. The van der Waals surface area contributed by atoms with E-state index in [-0.39, 0.29) is 0 Å². The van der Waals surface area contributed by atoms with Gasteiger partial charge in [0.1, 0.15) is 0 Å². The van der Waals surface area contributed by atoms with Gasteiger partial charge in [-0.3, -0.25) is 4.90 Å². The van der Waals surface area contributed by atoms with E-state index in [2.05, 4.69) is 0 Å². The molecule has 6 heteroatoms. The third kappa shape index (κ3) is 6.67. The molecule has 0 spiro atoms. The van der Waals surface area contributed by atoms with Crippen LogP contribution >= 0.6 is 12.2 Å². The standard InChI is InChI=1S/C9H17F3N2S/c1-8(2,7(13)15)4-5-14(3)6-9(10,11)12/h4-6H2,1-3H3,(H2,13,15). The quantitative estimate of drug-likeness (QED) is 0.749. The summed E-state index contributed by atoms with van der Waals surface area (Å²) in [5, 5.41) is 0. The van der Waals surface area contributed by atoms with Crippen molar-refractivity contribution in [1.82, 2.24) is 4.90 Å². The van der Waals surface area contributed by atoms with E-state index >= 15 is 0 Å². The first kappa shape index (κ1) is 14.6. The number of hydrogen-bond acceptors (Lipinski definition) is 2. The lowest BCUT2D eigenvalue weighted by atomic mass is 9.89. The fraction of sp³-hybridized carbons (Fsp3) is 0.889. The molecule has 0 heterocycles. The second-order valence-electron chi connectivity index (χ2n) is 4.35. The molecule has 0 aliphatic carbocycles. The third-order valence-electron chi connectivity index (χ3n) is 2.23. The van der Waals surface area contributed by atoms with Crippen LogP contribution in [-0.4, -0.2) is 36.2 Å². The van der Waals surface area contributed by atoms with Crippen LogP contribution in [0.15, 0.2) is 0 Å². The van der Waals surface area contributed by atoms with E-state index in [1.807, 2.05) is 13.8 Å². The molecule has 0 rings (SSSR count). The molecule has 0 aliphatic rings. The van der Waals surface area contributed by atoms with Crippen LogP contribution in [-0.2, 0) is 0 Å². The Hall–Kier alpha value is -0.360. The van der Waals surface area contributed by atoms with Gasteiger partial charge in [0.25, 0.3) is 0 Å². The Kier molecular flexibility index (Phi) is 4.99. The summed E-state index contributed by atoms with van der Waals surface area (Å²) in [6, 6.07) is 0. The van der Waals surface area contributed by atoms with Gasteiger partial charge in [0, 0.05) is 5.41 Å². The van der Waals surface area contributed by atoms with Gasteiger partial charge < -0.3 is 5.73 Å². The van der Waals surface area contributed by atoms with Crippen molar-refractivity contribution < 1.29 is 13.2 Å². The highest BCUT2D eigenvalue weighted by atomic mass is 32.1. The fourth-order valence-electron chi connectivity index (χ4n) is 0.979. The maximum Gasteiger partial charge on any atom is 0.401 e. The zero-order valence-corrected chi connectivity index (χ0v) is 10.0. The van der Waals surface area contributed by atoms with E-state index in [4.69, 9.17) is 18.0 Å². The Morgan fingerprint density at radius 1 is 1.33 bits per heavy atom. The SMILES string of the molecule is CN(CCC(C)(C)C(N)=S)CC(F)(F)F. The van der Waals surface area contributed by atoms with Gasteiger partial charge in [-0.25, -0.2) is 0 Å². The first-order valence-electron chi connectivity index (χ1n) is 4.60. The molecule has 0 atom stereocenters. The van der Waals surface area contributed by atoms with Crippen LogP contribution in [0.2, 0.25) is 0 Å². The molecule has 2 N–H and O–H groups in total. The summed E-state index contributed by atoms with van der Waals surface area (Å²) in [6.45, 7) is 3.08. The third-order valence-corrected chi connectivity index (χ3v) is 2.79. The lowest BCUT2D eigenvalue weighted by Crippen LogP contribution is -2.37. The predicted molar refractivity (Wildman–Crippen MR) is 58.7 cm³/mol. The fourth-order valence-corrected chi connectivity index (χ4v) is 1.08. The van der Waals surface area contributed by atoms with Crippen LogP contribution in [0.4, 0.5) is 13.2 Å². The van der Waals surface area contributed by atoms with Gasteiger partial charge >= 0.3 is 6.18 Å². The number of nitrogens with zero attached hydrogens (tertiary/aromatic N) is 1. The minimum Gasteiger partial charge on any atom is -0.393 e. The molecule has 0 aromatic heterocycles. The van der Waals surface area contributed by atoms with Crippen molar-refractivity contribution in [3.05, 3.63) is 0 Å². The van der Waals surface area contributed by atoms with Crippen molar-refractivity contribution in [3.8, 4) is 0 Å². The highest BCUT2D eigenvalue weighted by Gasteiger charge is 2.30. The van der Waals surface area contributed by atoms with Crippen LogP contribution in [0.1, 0.15) is 20.3 Å². The molecule has 2 nitrogen and oxygen atoms in total. The van der Waals surface area contributed by atoms with Crippen molar-refractivity contribution in [3.63, 3.8) is 0 Å². The minimum atomic E-state index is -4.15. The lowest BCUT2D eigenvalue weighted by Gasteiger charge is -2.26. The topological polar surface area (TPSA) is 29.3 Å². The van der Waals surface area contributed by atoms with Gasteiger partial charge in [-0.05, 0) is 20.0 Å². The number of nitrogens with two attached hydrogens (primary N) is 1. The van der Waals surface area contributed by atoms with E-state index in [0.717, 1.165) is 0 Å². The van der Waals surface area contributed by atoms with E-state index in [1.54, 1.807) is 0 Å². The molecule has 0 unspecified atom stereocenters. The Morgan fingerprint density at radius 2 is 1.80 bits per heavy atom.